The van der Waals surface area contributed by atoms with E-state index in [4.69, 9.17) is 5.11 Å². The van der Waals surface area contributed by atoms with Crippen molar-refractivity contribution < 1.29 is 14.7 Å². The Kier molecular flexibility index (Phi) is 6.81. The summed E-state index contributed by atoms with van der Waals surface area (Å²) in [5.74, 6) is 0.122. The number of carbonyl (C=O) groups is 2. The minimum atomic E-state index is -0.855. The summed E-state index contributed by atoms with van der Waals surface area (Å²) in [7, 11) is 0. The molecule has 0 bridgehead atoms. The van der Waals surface area contributed by atoms with Gasteiger partial charge in [0.05, 0.1) is 0 Å². The number of carboxylic acid groups (broad SMARTS) is 1. The Morgan fingerprint density at radius 2 is 2.16 bits per heavy atom. The Bertz CT molecular complexity index is 438. The van der Waals surface area contributed by atoms with Gasteiger partial charge in [-0.25, -0.2) is 4.79 Å². The monoisotopic (exact) mass is 282 g/mol. The van der Waals surface area contributed by atoms with Gasteiger partial charge in [0.2, 0.25) is 0 Å². The van der Waals surface area contributed by atoms with Gasteiger partial charge in [-0.2, -0.15) is 0 Å². The summed E-state index contributed by atoms with van der Waals surface area (Å²) in [6.07, 6.45) is 0.484. The summed E-state index contributed by atoms with van der Waals surface area (Å²) in [6, 6.07) is 7.29. The Morgan fingerprint density at radius 1 is 1.37 bits per heavy atom. The molecule has 1 aromatic rings. The van der Waals surface area contributed by atoms with E-state index in [0.29, 0.717) is 13.0 Å². The van der Waals surface area contributed by atoms with E-state index in [2.05, 4.69) is 17.6 Å². The summed E-state index contributed by atoms with van der Waals surface area (Å²) in [4.78, 5) is 23.0. The molecule has 19 heavy (non-hydrogen) atoms. The molecule has 0 aromatic heterocycles. The number of thioether (sulfide) groups is 1. The summed E-state index contributed by atoms with van der Waals surface area (Å²) in [6.45, 7) is 2.42. The normalized spacial score (nSPS) is 9.95. The SMILES string of the molecule is CCSc1cccc(NC(=O)NCCCC(=O)O)c1. The largest absolute Gasteiger partial charge is 0.481 e. The molecular formula is C13H18N2O3S. The van der Waals surface area contributed by atoms with E-state index in [-0.39, 0.29) is 12.5 Å². The van der Waals surface area contributed by atoms with E-state index >= 15 is 0 Å². The number of aliphatic carboxylic acids is 1. The van der Waals surface area contributed by atoms with Crippen molar-refractivity contribution in [3.63, 3.8) is 0 Å². The molecule has 0 spiro atoms. The van der Waals surface area contributed by atoms with E-state index in [9.17, 15) is 9.59 Å². The smallest absolute Gasteiger partial charge is 0.319 e. The number of hydrogen-bond donors (Lipinski definition) is 3. The molecule has 5 nitrogen and oxygen atoms in total. The molecule has 6 heteroatoms. The van der Waals surface area contributed by atoms with Crippen LogP contribution in [0.2, 0.25) is 0 Å². The Labute approximate surface area is 116 Å². The van der Waals surface area contributed by atoms with Gasteiger partial charge in [-0.15, -0.1) is 11.8 Å². The number of benzene rings is 1. The van der Waals surface area contributed by atoms with Crippen LogP contribution in [0.1, 0.15) is 19.8 Å². The summed E-state index contributed by atoms with van der Waals surface area (Å²) < 4.78 is 0. The highest BCUT2D eigenvalue weighted by molar-refractivity contribution is 7.99. The maximum atomic E-state index is 11.5. The average Bonchev–Trinajstić information content (AvgIpc) is 2.35. The van der Waals surface area contributed by atoms with Crippen molar-refractivity contribution in [1.82, 2.24) is 5.32 Å². The Morgan fingerprint density at radius 3 is 2.84 bits per heavy atom. The zero-order valence-corrected chi connectivity index (χ0v) is 11.6. The van der Waals surface area contributed by atoms with Gasteiger partial charge in [0.15, 0.2) is 0 Å². The predicted molar refractivity (Wildman–Crippen MR) is 76.7 cm³/mol. The number of nitrogens with one attached hydrogen (secondary N) is 2. The zero-order chi connectivity index (χ0) is 14.1. The van der Waals surface area contributed by atoms with Gasteiger partial charge in [-0.1, -0.05) is 13.0 Å². The van der Waals surface area contributed by atoms with Gasteiger partial charge in [-0.3, -0.25) is 4.79 Å². The number of anilines is 1. The molecule has 0 aliphatic carbocycles. The number of amides is 2. The lowest BCUT2D eigenvalue weighted by atomic mass is 10.3. The second kappa shape index (κ2) is 8.42. The number of carbonyl (C=O) groups excluding carboxylic acids is 1. The van der Waals surface area contributed by atoms with Crippen LogP contribution in [0.4, 0.5) is 10.5 Å². The first-order valence-electron chi connectivity index (χ1n) is 6.11. The molecule has 0 saturated carbocycles. The Hall–Kier alpha value is -1.69. The lowest BCUT2D eigenvalue weighted by molar-refractivity contribution is -0.137. The predicted octanol–water partition coefficient (Wildman–Crippen LogP) is 2.78. The summed E-state index contributed by atoms with van der Waals surface area (Å²) in [5.41, 5.74) is 0.731. The molecule has 1 rings (SSSR count). The van der Waals surface area contributed by atoms with Crippen LogP contribution in [0.5, 0.6) is 0 Å². The van der Waals surface area contributed by atoms with Crippen LogP contribution in [0, 0.1) is 0 Å². The number of hydrogen-bond acceptors (Lipinski definition) is 3. The van der Waals surface area contributed by atoms with Gasteiger partial charge < -0.3 is 15.7 Å². The molecule has 3 N–H and O–H groups in total. The quantitative estimate of drug-likeness (QED) is 0.531. The first-order valence-corrected chi connectivity index (χ1v) is 7.10. The molecule has 2 amide bonds. The second-order valence-corrected chi connectivity index (χ2v) is 5.18. The fraction of sp³-hybridized carbons (Fsp3) is 0.385. The highest BCUT2D eigenvalue weighted by Gasteiger charge is 2.03. The van der Waals surface area contributed by atoms with Crippen LogP contribution in [0.25, 0.3) is 0 Å². The van der Waals surface area contributed by atoms with E-state index in [1.54, 1.807) is 11.8 Å². The molecule has 0 atom stereocenters. The van der Waals surface area contributed by atoms with Crippen molar-refractivity contribution in [3.8, 4) is 0 Å². The van der Waals surface area contributed by atoms with Crippen molar-refractivity contribution in [2.24, 2.45) is 0 Å². The number of carboxylic acids is 1. The van der Waals surface area contributed by atoms with Gasteiger partial charge in [0, 0.05) is 23.5 Å². The zero-order valence-electron chi connectivity index (χ0n) is 10.8. The maximum absolute atomic E-state index is 11.5. The van der Waals surface area contributed by atoms with E-state index < -0.39 is 5.97 Å². The third-order valence-corrected chi connectivity index (χ3v) is 3.13. The van der Waals surface area contributed by atoms with Crippen LogP contribution in [0.3, 0.4) is 0 Å². The first-order chi connectivity index (χ1) is 9.11. The van der Waals surface area contributed by atoms with Crippen molar-refractivity contribution in [1.29, 1.82) is 0 Å². The maximum Gasteiger partial charge on any atom is 0.319 e. The number of rotatable bonds is 7. The summed E-state index contributed by atoms with van der Waals surface area (Å²) >= 11 is 1.70. The Balaban J connectivity index is 2.35. The topological polar surface area (TPSA) is 78.4 Å². The van der Waals surface area contributed by atoms with Crippen LogP contribution in [-0.2, 0) is 4.79 Å². The van der Waals surface area contributed by atoms with Gasteiger partial charge >= 0.3 is 12.0 Å². The molecule has 0 fully saturated rings. The van der Waals surface area contributed by atoms with Crippen LogP contribution < -0.4 is 10.6 Å². The molecule has 0 heterocycles. The minimum absolute atomic E-state index is 0.0584. The fourth-order valence-corrected chi connectivity index (χ4v) is 2.17. The molecule has 104 valence electrons. The third kappa shape index (κ3) is 6.71. The first kappa shape index (κ1) is 15.4. The van der Waals surface area contributed by atoms with E-state index in [0.717, 1.165) is 16.3 Å². The molecule has 0 aliphatic rings. The van der Waals surface area contributed by atoms with Gasteiger partial charge in [0.25, 0.3) is 0 Å². The van der Waals surface area contributed by atoms with Crippen LogP contribution >= 0.6 is 11.8 Å². The van der Waals surface area contributed by atoms with Crippen LogP contribution in [-0.4, -0.2) is 29.4 Å². The third-order valence-electron chi connectivity index (χ3n) is 2.26. The fourth-order valence-electron chi connectivity index (χ4n) is 1.45. The van der Waals surface area contributed by atoms with Crippen LogP contribution in [0.15, 0.2) is 29.2 Å². The molecule has 0 radical (unpaired) electrons. The highest BCUT2D eigenvalue weighted by Crippen LogP contribution is 2.20. The molecule has 1 aromatic carbocycles. The minimum Gasteiger partial charge on any atom is -0.481 e. The highest BCUT2D eigenvalue weighted by atomic mass is 32.2. The lowest BCUT2D eigenvalue weighted by Crippen LogP contribution is -2.29. The number of urea groups is 1. The lowest BCUT2D eigenvalue weighted by Gasteiger charge is -2.08. The van der Waals surface area contributed by atoms with Crippen molar-refractivity contribution in [2.45, 2.75) is 24.7 Å². The van der Waals surface area contributed by atoms with Crippen molar-refractivity contribution in [3.05, 3.63) is 24.3 Å². The average molecular weight is 282 g/mol. The molecule has 0 unspecified atom stereocenters. The standard InChI is InChI=1S/C13H18N2O3S/c1-2-19-11-6-3-5-10(9-11)15-13(18)14-8-4-7-12(16)17/h3,5-6,9H,2,4,7-8H2,1H3,(H,16,17)(H2,14,15,18). The molecular weight excluding hydrogens is 264 g/mol. The van der Waals surface area contributed by atoms with Gasteiger partial charge in [-0.05, 0) is 30.4 Å². The summed E-state index contributed by atoms with van der Waals surface area (Å²) in [5, 5.41) is 13.8. The molecule has 0 saturated heterocycles. The molecule has 0 aliphatic heterocycles. The van der Waals surface area contributed by atoms with Gasteiger partial charge in [0.1, 0.15) is 0 Å². The van der Waals surface area contributed by atoms with E-state index in [1.165, 1.54) is 0 Å². The van der Waals surface area contributed by atoms with Crippen molar-refractivity contribution >= 4 is 29.4 Å². The second-order valence-electron chi connectivity index (χ2n) is 3.84. The van der Waals surface area contributed by atoms with Crippen molar-refractivity contribution in [2.75, 3.05) is 17.6 Å². The van der Waals surface area contributed by atoms with E-state index in [1.807, 2.05) is 24.3 Å².